The maximum atomic E-state index is 5.71. The molecule has 1 heterocycles. The summed E-state index contributed by atoms with van der Waals surface area (Å²) in [6, 6.07) is 1.23. The third-order valence-electron chi connectivity index (χ3n) is 4.79. The minimum absolute atomic E-state index is 0.534. The predicted octanol–water partition coefficient (Wildman–Crippen LogP) is 1.75. The number of rotatable bonds is 10. The van der Waals surface area contributed by atoms with Crippen molar-refractivity contribution in [1.29, 1.82) is 0 Å². The van der Waals surface area contributed by atoms with Crippen molar-refractivity contribution in [3.8, 4) is 0 Å². The standard InChI is InChI=1S/C16H32N2O2/c1-4-7-17-16-12-20-11-15(16)10-18(8-9-19-3)13(2)14-5-6-14/h13-17H,4-12H2,1-3H3. The van der Waals surface area contributed by atoms with Gasteiger partial charge in [-0.1, -0.05) is 6.92 Å². The highest BCUT2D eigenvalue weighted by atomic mass is 16.5. The van der Waals surface area contributed by atoms with Crippen LogP contribution in [0.1, 0.15) is 33.1 Å². The fraction of sp³-hybridized carbons (Fsp3) is 1.00. The van der Waals surface area contributed by atoms with E-state index in [1.165, 1.54) is 19.3 Å². The van der Waals surface area contributed by atoms with Crippen molar-refractivity contribution < 1.29 is 9.47 Å². The quantitative estimate of drug-likeness (QED) is 0.663. The summed E-state index contributed by atoms with van der Waals surface area (Å²) >= 11 is 0. The molecule has 3 atom stereocenters. The summed E-state index contributed by atoms with van der Waals surface area (Å²) in [4.78, 5) is 2.63. The predicted molar refractivity (Wildman–Crippen MR) is 82.0 cm³/mol. The lowest BCUT2D eigenvalue weighted by Gasteiger charge is -2.33. The first kappa shape index (κ1) is 16.2. The Hall–Kier alpha value is -0.160. The van der Waals surface area contributed by atoms with Crippen molar-refractivity contribution in [3.63, 3.8) is 0 Å². The molecule has 0 aromatic heterocycles. The van der Waals surface area contributed by atoms with Gasteiger partial charge in [-0.15, -0.1) is 0 Å². The van der Waals surface area contributed by atoms with Crippen LogP contribution in [-0.4, -0.2) is 63.5 Å². The van der Waals surface area contributed by atoms with E-state index in [1.54, 1.807) is 7.11 Å². The molecule has 4 heteroatoms. The molecule has 1 saturated heterocycles. The van der Waals surface area contributed by atoms with Gasteiger partial charge < -0.3 is 14.8 Å². The molecular weight excluding hydrogens is 252 g/mol. The second-order valence-electron chi connectivity index (χ2n) is 6.42. The third kappa shape index (κ3) is 4.69. The van der Waals surface area contributed by atoms with Crippen LogP contribution in [0.4, 0.5) is 0 Å². The highest BCUT2D eigenvalue weighted by Crippen LogP contribution is 2.35. The molecule has 3 unspecified atom stereocenters. The fourth-order valence-corrected chi connectivity index (χ4v) is 3.18. The molecule has 20 heavy (non-hydrogen) atoms. The Bertz CT molecular complexity index is 271. The average Bonchev–Trinajstić information content (AvgIpc) is 3.21. The number of nitrogens with zero attached hydrogens (tertiary/aromatic N) is 1. The van der Waals surface area contributed by atoms with Crippen LogP contribution < -0.4 is 5.32 Å². The van der Waals surface area contributed by atoms with E-state index in [2.05, 4.69) is 24.1 Å². The minimum atomic E-state index is 0.534. The second kappa shape index (κ2) is 8.32. The Morgan fingerprint density at radius 3 is 2.80 bits per heavy atom. The summed E-state index contributed by atoms with van der Waals surface area (Å²) in [6.07, 6.45) is 4.00. The molecule has 0 bridgehead atoms. The molecule has 2 rings (SSSR count). The van der Waals surface area contributed by atoms with Crippen molar-refractivity contribution in [3.05, 3.63) is 0 Å². The van der Waals surface area contributed by atoms with Crippen LogP contribution in [0.15, 0.2) is 0 Å². The summed E-state index contributed by atoms with van der Waals surface area (Å²) in [6.45, 7) is 10.5. The lowest BCUT2D eigenvalue weighted by molar-refractivity contribution is 0.0956. The largest absolute Gasteiger partial charge is 0.383 e. The van der Waals surface area contributed by atoms with E-state index < -0.39 is 0 Å². The summed E-state index contributed by atoms with van der Waals surface area (Å²) in [7, 11) is 1.80. The van der Waals surface area contributed by atoms with E-state index in [0.29, 0.717) is 18.0 Å². The number of hydrogen-bond acceptors (Lipinski definition) is 4. The van der Waals surface area contributed by atoms with Crippen LogP contribution in [-0.2, 0) is 9.47 Å². The van der Waals surface area contributed by atoms with Crippen molar-refractivity contribution in [1.82, 2.24) is 10.2 Å². The molecule has 2 fully saturated rings. The summed E-state index contributed by atoms with van der Waals surface area (Å²) in [5.41, 5.74) is 0. The summed E-state index contributed by atoms with van der Waals surface area (Å²) < 4.78 is 11.0. The maximum Gasteiger partial charge on any atom is 0.0623 e. The van der Waals surface area contributed by atoms with Crippen LogP contribution >= 0.6 is 0 Å². The fourth-order valence-electron chi connectivity index (χ4n) is 3.18. The minimum Gasteiger partial charge on any atom is -0.383 e. The van der Waals surface area contributed by atoms with Crippen LogP contribution in [0, 0.1) is 11.8 Å². The number of methoxy groups -OCH3 is 1. The van der Waals surface area contributed by atoms with Crippen molar-refractivity contribution >= 4 is 0 Å². The molecule has 0 spiro atoms. The van der Waals surface area contributed by atoms with E-state index >= 15 is 0 Å². The zero-order valence-corrected chi connectivity index (χ0v) is 13.4. The van der Waals surface area contributed by atoms with E-state index in [0.717, 1.165) is 45.4 Å². The van der Waals surface area contributed by atoms with Crippen molar-refractivity contribution in [2.75, 3.05) is 46.6 Å². The van der Waals surface area contributed by atoms with Gasteiger partial charge in [-0.05, 0) is 38.6 Å². The second-order valence-corrected chi connectivity index (χ2v) is 6.42. The first-order valence-electron chi connectivity index (χ1n) is 8.30. The molecule has 1 N–H and O–H groups in total. The molecular formula is C16H32N2O2. The molecule has 0 aromatic carbocycles. The van der Waals surface area contributed by atoms with Gasteiger partial charge in [0.15, 0.2) is 0 Å². The monoisotopic (exact) mass is 284 g/mol. The summed E-state index contributed by atoms with van der Waals surface area (Å²) in [5, 5.41) is 3.64. The van der Waals surface area contributed by atoms with Gasteiger partial charge in [0.1, 0.15) is 0 Å². The SMILES string of the molecule is CCCNC1COCC1CN(CCOC)C(C)C1CC1. The Morgan fingerprint density at radius 2 is 2.15 bits per heavy atom. The average molecular weight is 284 g/mol. The molecule has 1 aliphatic heterocycles. The van der Waals surface area contributed by atoms with Crippen LogP contribution in [0.2, 0.25) is 0 Å². The summed E-state index contributed by atoms with van der Waals surface area (Å²) in [5.74, 6) is 1.54. The van der Waals surface area contributed by atoms with Gasteiger partial charge in [0.25, 0.3) is 0 Å². The highest BCUT2D eigenvalue weighted by Gasteiger charge is 2.35. The van der Waals surface area contributed by atoms with Crippen LogP contribution in [0.25, 0.3) is 0 Å². The number of nitrogens with one attached hydrogen (secondary N) is 1. The highest BCUT2D eigenvalue weighted by molar-refractivity contribution is 4.89. The van der Waals surface area contributed by atoms with Crippen LogP contribution in [0.3, 0.4) is 0 Å². The van der Waals surface area contributed by atoms with Gasteiger partial charge >= 0.3 is 0 Å². The zero-order valence-electron chi connectivity index (χ0n) is 13.4. The molecule has 1 saturated carbocycles. The van der Waals surface area contributed by atoms with E-state index in [4.69, 9.17) is 9.47 Å². The van der Waals surface area contributed by atoms with Crippen LogP contribution in [0.5, 0.6) is 0 Å². The van der Waals surface area contributed by atoms with E-state index in [1.807, 2.05) is 0 Å². The first-order valence-corrected chi connectivity index (χ1v) is 8.30. The first-order chi connectivity index (χ1) is 9.76. The lowest BCUT2D eigenvalue weighted by Crippen LogP contribution is -2.46. The molecule has 118 valence electrons. The van der Waals surface area contributed by atoms with Crippen molar-refractivity contribution in [2.24, 2.45) is 11.8 Å². The smallest absolute Gasteiger partial charge is 0.0623 e. The Morgan fingerprint density at radius 1 is 1.35 bits per heavy atom. The molecule has 0 aromatic rings. The Balaban J connectivity index is 1.84. The van der Waals surface area contributed by atoms with E-state index in [9.17, 15) is 0 Å². The molecule has 2 aliphatic rings. The van der Waals surface area contributed by atoms with Crippen molar-refractivity contribution in [2.45, 2.75) is 45.2 Å². The van der Waals surface area contributed by atoms with Gasteiger partial charge in [0, 0.05) is 38.2 Å². The van der Waals surface area contributed by atoms with E-state index in [-0.39, 0.29) is 0 Å². The molecule has 0 radical (unpaired) electrons. The number of ether oxygens (including phenoxy) is 2. The molecule has 1 aliphatic carbocycles. The van der Waals surface area contributed by atoms with Gasteiger partial charge in [-0.3, -0.25) is 4.90 Å². The van der Waals surface area contributed by atoms with Gasteiger partial charge in [0.05, 0.1) is 19.8 Å². The Labute approximate surface area is 124 Å². The topological polar surface area (TPSA) is 33.7 Å². The van der Waals surface area contributed by atoms with Gasteiger partial charge in [0.2, 0.25) is 0 Å². The third-order valence-corrected chi connectivity index (χ3v) is 4.79. The molecule has 4 nitrogen and oxygen atoms in total. The molecule has 0 amide bonds. The lowest BCUT2D eigenvalue weighted by atomic mass is 10.0. The zero-order chi connectivity index (χ0) is 14.4. The maximum absolute atomic E-state index is 5.71. The van der Waals surface area contributed by atoms with Gasteiger partial charge in [-0.25, -0.2) is 0 Å². The Kier molecular flexibility index (Phi) is 6.75. The van der Waals surface area contributed by atoms with Gasteiger partial charge in [-0.2, -0.15) is 0 Å². The number of hydrogen-bond donors (Lipinski definition) is 1. The normalized spacial score (nSPS) is 28.2.